The number of halogens is 3. The maximum atomic E-state index is 13.7. The van der Waals surface area contributed by atoms with E-state index in [1.54, 1.807) is 12.3 Å². The number of fused-ring (bicyclic) bond motifs is 1. The summed E-state index contributed by atoms with van der Waals surface area (Å²) in [7, 11) is 1.39. The smallest absolute Gasteiger partial charge is 0.412 e. The lowest BCUT2D eigenvalue weighted by molar-refractivity contribution is -0.155. The Hall–Kier alpha value is -2.53. The molecule has 3 rings (SSSR count). The van der Waals surface area contributed by atoms with Gasteiger partial charge < -0.3 is 10.1 Å². The van der Waals surface area contributed by atoms with Gasteiger partial charge in [-0.3, -0.25) is 14.0 Å². The van der Waals surface area contributed by atoms with Crippen LogP contribution in [0.25, 0.3) is 4.96 Å². The van der Waals surface area contributed by atoms with Crippen molar-refractivity contribution in [2.75, 3.05) is 12.9 Å². The fourth-order valence-corrected chi connectivity index (χ4v) is 4.16. The van der Waals surface area contributed by atoms with Gasteiger partial charge in [-0.15, -0.1) is 23.1 Å². The molecule has 3 aromatic rings. The number of carbonyl (C=O) groups excluding carboxylic acids is 1. The van der Waals surface area contributed by atoms with E-state index < -0.39 is 29.2 Å². The number of hydrogen-bond donors (Lipinski definition) is 1. The highest BCUT2D eigenvalue weighted by Crippen LogP contribution is 2.34. The van der Waals surface area contributed by atoms with Crippen LogP contribution in [0.15, 0.2) is 45.7 Å². The Bertz CT molecular complexity index is 1080. The maximum Gasteiger partial charge on any atom is 0.412 e. The lowest BCUT2D eigenvalue weighted by atomic mass is 10.1. The van der Waals surface area contributed by atoms with E-state index in [2.05, 4.69) is 4.98 Å². The number of methoxy groups -OCH3 is 1. The van der Waals surface area contributed by atoms with Gasteiger partial charge in [0, 0.05) is 11.6 Å². The zero-order valence-electron chi connectivity index (χ0n) is 15.3. The minimum absolute atomic E-state index is 0.105. The first-order chi connectivity index (χ1) is 13.8. The number of carbonyl (C=O) groups is 1. The van der Waals surface area contributed by atoms with Crippen LogP contribution < -0.4 is 15.6 Å². The first kappa shape index (κ1) is 21.2. The Morgan fingerprint density at radius 3 is 2.62 bits per heavy atom. The number of amides is 1. The van der Waals surface area contributed by atoms with Crippen LogP contribution in [0, 0.1) is 0 Å². The fraction of sp³-hybridized carbons (Fsp3) is 0.278. The van der Waals surface area contributed by atoms with Crippen molar-refractivity contribution in [3.63, 3.8) is 0 Å². The predicted octanol–water partition coefficient (Wildman–Crippen LogP) is 3.91. The highest BCUT2D eigenvalue weighted by molar-refractivity contribution is 7.99. The zero-order valence-corrected chi connectivity index (χ0v) is 17.0. The number of alkyl halides is 3. The molecule has 0 aliphatic rings. The molecule has 1 atom stereocenters. The summed E-state index contributed by atoms with van der Waals surface area (Å²) in [6, 6.07) is 2.87. The van der Waals surface area contributed by atoms with Crippen LogP contribution in [-0.4, -0.2) is 34.3 Å². The molecule has 0 fully saturated rings. The fourth-order valence-electron chi connectivity index (χ4n) is 2.65. The molecule has 1 amide bonds. The highest BCUT2D eigenvalue weighted by Gasteiger charge is 2.42. The van der Waals surface area contributed by atoms with Gasteiger partial charge in [0.2, 0.25) is 0 Å². The van der Waals surface area contributed by atoms with E-state index >= 15 is 0 Å². The van der Waals surface area contributed by atoms with E-state index in [-0.39, 0.29) is 10.6 Å². The lowest BCUT2D eigenvalue weighted by Gasteiger charge is -2.22. The molecular formula is C18H16F3N3O3S2. The molecule has 0 spiro atoms. The van der Waals surface area contributed by atoms with E-state index in [0.29, 0.717) is 16.5 Å². The maximum absolute atomic E-state index is 13.7. The number of benzene rings is 1. The monoisotopic (exact) mass is 443 g/mol. The molecule has 1 N–H and O–H groups in total. The molecule has 0 saturated carbocycles. The molecule has 1 aromatic carbocycles. The molecule has 2 aromatic heterocycles. The van der Waals surface area contributed by atoms with Crippen molar-refractivity contribution >= 4 is 34.0 Å². The lowest BCUT2D eigenvalue weighted by Crippen LogP contribution is -2.41. The number of nitrogens with zero attached hydrogens (tertiary/aromatic N) is 2. The summed E-state index contributed by atoms with van der Waals surface area (Å²) >= 11 is 2.32. The van der Waals surface area contributed by atoms with E-state index in [9.17, 15) is 22.8 Å². The van der Waals surface area contributed by atoms with Gasteiger partial charge in [-0.25, -0.2) is 4.98 Å². The quantitative estimate of drug-likeness (QED) is 0.462. The van der Waals surface area contributed by atoms with Crippen LogP contribution in [0.5, 0.6) is 5.75 Å². The van der Waals surface area contributed by atoms with Gasteiger partial charge in [-0.1, -0.05) is 19.1 Å². The average Bonchev–Trinajstić information content (AvgIpc) is 3.14. The highest BCUT2D eigenvalue weighted by atomic mass is 32.2. The van der Waals surface area contributed by atoms with Crippen molar-refractivity contribution in [3.05, 3.63) is 57.3 Å². The normalized spacial score (nSPS) is 12.7. The van der Waals surface area contributed by atoms with Gasteiger partial charge in [0.05, 0.1) is 7.11 Å². The number of nitrogens with one attached hydrogen (secondary N) is 1. The van der Waals surface area contributed by atoms with Crippen molar-refractivity contribution in [1.29, 1.82) is 0 Å². The largest absolute Gasteiger partial charge is 0.497 e. The van der Waals surface area contributed by atoms with Crippen LogP contribution in [0.3, 0.4) is 0 Å². The van der Waals surface area contributed by atoms with Gasteiger partial charge in [0.1, 0.15) is 16.3 Å². The molecule has 0 radical (unpaired) electrons. The van der Waals surface area contributed by atoms with Gasteiger partial charge in [0.15, 0.2) is 11.0 Å². The van der Waals surface area contributed by atoms with Crippen molar-refractivity contribution in [2.24, 2.45) is 0 Å². The molecule has 154 valence electrons. The summed E-state index contributed by atoms with van der Waals surface area (Å²) in [5.41, 5.74) is -1.29. The van der Waals surface area contributed by atoms with E-state index in [0.717, 1.165) is 16.2 Å². The molecular weight excluding hydrogens is 427 g/mol. The molecule has 2 heterocycles. The van der Waals surface area contributed by atoms with Gasteiger partial charge >= 0.3 is 6.18 Å². The van der Waals surface area contributed by atoms with E-state index in [1.807, 2.05) is 5.32 Å². The van der Waals surface area contributed by atoms with Crippen molar-refractivity contribution in [3.8, 4) is 5.75 Å². The van der Waals surface area contributed by atoms with E-state index in [1.165, 1.54) is 48.9 Å². The van der Waals surface area contributed by atoms with Crippen LogP contribution >= 0.6 is 23.1 Å². The number of hydrogen-bond acceptors (Lipinski definition) is 6. The minimum atomic E-state index is -4.77. The van der Waals surface area contributed by atoms with Crippen LogP contribution in [-0.2, 0) is 0 Å². The van der Waals surface area contributed by atoms with Crippen LogP contribution in [0.4, 0.5) is 13.2 Å². The first-order valence-corrected chi connectivity index (χ1v) is 10.3. The number of thioether (sulfide) groups is 1. The molecule has 0 bridgehead atoms. The van der Waals surface area contributed by atoms with Crippen LogP contribution in [0.2, 0.25) is 0 Å². The second-order valence-electron chi connectivity index (χ2n) is 5.81. The number of rotatable bonds is 6. The summed E-state index contributed by atoms with van der Waals surface area (Å²) in [6.07, 6.45) is -3.34. The molecule has 6 nitrogen and oxygen atoms in total. The summed E-state index contributed by atoms with van der Waals surface area (Å²) in [5.74, 6) is -0.250. The predicted molar refractivity (Wildman–Crippen MR) is 105 cm³/mol. The number of thiazole rings is 1. The Balaban J connectivity index is 2.02. The number of aromatic nitrogens is 2. The van der Waals surface area contributed by atoms with Gasteiger partial charge in [-0.2, -0.15) is 13.2 Å². The number of ether oxygens (including phenoxy) is 1. The van der Waals surface area contributed by atoms with Crippen molar-refractivity contribution < 1.29 is 22.7 Å². The first-order valence-electron chi connectivity index (χ1n) is 8.40. The molecule has 1 unspecified atom stereocenters. The Morgan fingerprint density at radius 2 is 2.03 bits per heavy atom. The Kier molecular flexibility index (Phi) is 6.18. The third kappa shape index (κ3) is 4.40. The van der Waals surface area contributed by atoms with Gasteiger partial charge in [0.25, 0.3) is 11.5 Å². The molecule has 29 heavy (non-hydrogen) atoms. The second kappa shape index (κ2) is 8.46. The summed E-state index contributed by atoms with van der Waals surface area (Å²) in [4.78, 5) is 30.1. The summed E-state index contributed by atoms with van der Waals surface area (Å²) in [6.45, 7) is 1.79. The third-order valence-corrected chi connectivity index (χ3v) is 5.61. The van der Waals surface area contributed by atoms with Crippen LogP contribution in [0.1, 0.15) is 28.9 Å². The summed E-state index contributed by atoms with van der Waals surface area (Å²) in [5, 5.41) is 3.67. The molecule has 0 aliphatic carbocycles. The average molecular weight is 443 g/mol. The van der Waals surface area contributed by atoms with Crippen molar-refractivity contribution in [2.45, 2.75) is 24.2 Å². The Labute approximate surface area is 171 Å². The molecule has 0 aliphatic heterocycles. The third-order valence-electron chi connectivity index (χ3n) is 3.99. The summed E-state index contributed by atoms with van der Waals surface area (Å²) < 4.78 is 47.1. The second-order valence-corrected chi connectivity index (χ2v) is 7.93. The molecule has 11 heteroatoms. The molecule has 0 saturated heterocycles. The minimum Gasteiger partial charge on any atom is -0.497 e. The Morgan fingerprint density at radius 1 is 1.34 bits per heavy atom. The van der Waals surface area contributed by atoms with Gasteiger partial charge in [-0.05, 0) is 23.4 Å². The topological polar surface area (TPSA) is 72.7 Å². The standard InChI is InChI=1S/C18H16F3N3O3S2/c1-3-28-15-12(16(26)24-8-9-29-17(24)23-15)14(25)22-13(18(19,20)21)10-4-6-11(27-2)7-5-10/h4-9,13H,3H2,1-2H3,(H,22,25). The zero-order chi connectivity index (χ0) is 21.2. The SMILES string of the molecule is CCSc1nc2sccn2c(=O)c1C(=O)NC(c1ccc(OC)cc1)C(F)(F)F. The van der Waals surface area contributed by atoms with E-state index in [4.69, 9.17) is 4.74 Å². The van der Waals surface area contributed by atoms with Crippen molar-refractivity contribution in [1.82, 2.24) is 14.7 Å².